The van der Waals surface area contributed by atoms with E-state index in [0.717, 1.165) is 59.9 Å². The van der Waals surface area contributed by atoms with Gasteiger partial charge in [-0.15, -0.1) is 11.3 Å². The van der Waals surface area contributed by atoms with Gasteiger partial charge in [0.1, 0.15) is 0 Å². The quantitative estimate of drug-likeness (QED) is 0.649. The number of hydrogen-bond donors (Lipinski definition) is 0. The van der Waals surface area contributed by atoms with E-state index in [1.807, 2.05) is 18.3 Å². The smallest absolute Gasteiger partial charge is 0.226 e. The molecule has 0 unspecified atom stereocenters. The lowest BCUT2D eigenvalue weighted by atomic mass is 10.1. The van der Waals surface area contributed by atoms with Crippen molar-refractivity contribution < 1.29 is 9.47 Å². The van der Waals surface area contributed by atoms with Gasteiger partial charge >= 0.3 is 0 Å². The van der Waals surface area contributed by atoms with E-state index >= 15 is 0 Å². The summed E-state index contributed by atoms with van der Waals surface area (Å²) in [5.41, 5.74) is 2.66. The number of aromatic nitrogens is 4. The summed E-state index contributed by atoms with van der Waals surface area (Å²) in [5, 5.41) is 2.06. The van der Waals surface area contributed by atoms with Crippen LogP contribution in [0.5, 0.6) is 0 Å². The summed E-state index contributed by atoms with van der Waals surface area (Å²) < 4.78 is 10.9. The maximum atomic E-state index is 5.46. The third-order valence-corrected chi connectivity index (χ3v) is 5.91. The fourth-order valence-electron chi connectivity index (χ4n) is 3.49. The molecule has 150 valence electrons. The van der Waals surface area contributed by atoms with Crippen molar-refractivity contribution in [3.8, 4) is 21.8 Å². The molecule has 0 radical (unpaired) electrons. The van der Waals surface area contributed by atoms with Crippen LogP contribution in [0.3, 0.4) is 0 Å². The molecule has 5 rings (SSSR count). The first kappa shape index (κ1) is 18.4. The van der Waals surface area contributed by atoms with Crippen molar-refractivity contribution in [1.82, 2.24) is 19.9 Å². The number of rotatable bonds is 4. The van der Waals surface area contributed by atoms with Gasteiger partial charge in [-0.2, -0.15) is 0 Å². The van der Waals surface area contributed by atoms with Crippen LogP contribution in [0.1, 0.15) is 0 Å². The molecule has 0 N–H and O–H groups in total. The van der Waals surface area contributed by atoms with Gasteiger partial charge in [0.15, 0.2) is 0 Å². The molecule has 0 saturated carbocycles. The Bertz CT molecular complexity index is 955. The minimum Gasteiger partial charge on any atom is -0.378 e. The predicted octanol–water partition coefficient (Wildman–Crippen LogP) is 2.34. The van der Waals surface area contributed by atoms with E-state index in [1.54, 1.807) is 17.5 Å². The van der Waals surface area contributed by atoms with Gasteiger partial charge < -0.3 is 19.3 Å². The van der Waals surface area contributed by atoms with Crippen molar-refractivity contribution in [1.29, 1.82) is 0 Å². The van der Waals surface area contributed by atoms with Gasteiger partial charge in [0.05, 0.1) is 42.7 Å². The highest BCUT2D eigenvalue weighted by Gasteiger charge is 2.20. The predicted molar refractivity (Wildman–Crippen MR) is 112 cm³/mol. The maximum Gasteiger partial charge on any atom is 0.226 e. The minimum atomic E-state index is 0.700. The van der Waals surface area contributed by atoms with E-state index in [0.29, 0.717) is 26.4 Å². The van der Waals surface area contributed by atoms with E-state index < -0.39 is 0 Å². The van der Waals surface area contributed by atoms with Gasteiger partial charge in [-0.3, -0.25) is 0 Å². The van der Waals surface area contributed by atoms with Crippen molar-refractivity contribution >= 4 is 23.2 Å². The zero-order valence-electron chi connectivity index (χ0n) is 16.0. The van der Waals surface area contributed by atoms with Crippen LogP contribution in [0.4, 0.5) is 11.9 Å². The number of hydrogen-bond acceptors (Lipinski definition) is 9. The van der Waals surface area contributed by atoms with Gasteiger partial charge in [-0.05, 0) is 17.5 Å². The van der Waals surface area contributed by atoms with Crippen LogP contribution in [-0.4, -0.2) is 72.5 Å². The van der Waals surface area contributed by atoms with Crippen LogP contribution in [0.2, 0.25) is 0 Å². The van der Waals surface area contributed by atoms with E-state index in [-0.39, 0.29) is 0 Å². The first-order chi connectivity index (χ1) is 14.4. The minimum absolute atomic E-state index is 0.700. The van der Waals surface area contributed by atoms with Crippen LogP contribution < -0.4 is 9.80 Å². The highest BCUT2D eigenvalue weighted by molar-refractivity contribution is 7.13. The van der Waals surface area contributed by atoms with Crippen molar-refractivity contribution in [2.45, 2.75) is 0 Å². The van der Waals surface area contributed by atoms with Crippen LogP contribution >= 0.6 is 11.3 Å². The average molecular weight is 411 g/mol. The average Bonchev–Trinajstić information content (AvgIpc) is 3.35. The molecule has 9 heteroatoms. The molecule has 0 amide bonds. The van der Waals surface area contributed by atoms with Crippen LogP contribution in [0, 0.1) is 0 Å². The highest BCUT2D eigenvalue weighted by atomic mass is 32.1. The van der Waals surface area contributed by atoms with E-state index in [1.165, 1.54) is 0 Å². The summed E-state index contributed by atoms with van der Waals surface area (Å²) in [7, 11) is 0. The zero-order valence-corrected chi connectivity index (χ0v) is 16.8. The number of nitrogens with zero attached hydrogens (tertiary/aromatic N) is 6. The Kier molecular flexibility index (Phi) is 5.33. The second-order valence-corrected chi connectivity index (χ2v) is 7.80. The molecule has 0 atom stereocenters. The maximum absolute atomic E-state index is 5.46. The standard InChI is InChI=1S/C20H22N6O2S/c1-2-17(29-13-1)18-15(14-22-20(24-18)26-7-11-28-12-8-26)16-3-4-21-19(23-16)25-5-9-27-10-6-25/h1-4,13-14H,5-12H2. The van der Waals surface area contributed by atoms with Crippen LogP contribution in [0.15, 0.2) is 36.0 Å². The Hall–Kier alpha value is -2.62. The van der Waals surface area contributed by atoms with Crippen molar-refractivity contribution in [3.05, 3.63) is 36.0 Å². The van der Waals surface area contributed by atoms with Crippen LogP contribution in [0.25, 0.3) is 21.8 Å². The molecule has 2 aliphatic heterocycles. The Balaban J connectivity index is 1.54. The number of thiophene rings is 1. The van der Waals surface area contributed by atoms with Crippen LogP contribution in [-0.2, 0) is 9.47 Å². The summed E-state index contributed by atoms with van der Waals surface area (Å²) in [6.07, 6.45) is 3.69. The molecule has 0 spiro atoms. The highest BCUT2D eigenvalue weighted by Crippen LogP contribution is 2.33. The molecule has 5 heterocycles. The summed E-state index contributed by atoms with van der Waals surface area (Å²) in [6.45, 7) is 6.01. The van der Waals surface area contributed by atoms with Gasteiger partial charge in [-0.25, -0.2) is 19.9 Å². The summed E-state index contributed by atoms with van der Waals surface area (Å²) in [6, 6.07) is 6.05. The van der Waals surface area contributed by atoms with E-state index in [4.69, 9.17) is 19.4 Å². The topological polar surface area (TPSA) is 76.5 Å². The largest absolute Gasteiger partial charge is 0.378 e. The van der Waals surface area contributed by atoms with Crippen molar-refractivity contribution in [2.75, 3.05) is 62.4 Å². The molecule has 8 nitrogen and oxygen atoms in total. The second kappa shape index (κ2) is 8.40. The first-order valence-electron chi connectivity index (χ1n) is 9.78. The Labute approximate surface area is 173 Å². The Morgan fingerprint density at radius 3 is 2.17 bits per heavy atom. The molecule has 2 aliphatic rings. The first-order valence-corrected chi connectivity index (χ1v) is 10.7. The van der Waals surface area contributed by atoms with E-state index in [9.17, 15) is 0 Å². The SMILES string of the molecule is c1csc(-c2nc(N3CCOCC3)ncc2-c2ccnc(N3CCOCC3)n2)c1. The van der Waals surface area contributed by atoms with Gasteiger partial charge in [-0.1, -0.05) is 6.07 Å². The molecule has 3 aromatic rings. The van der Waals surface area contributed by atoms with E-state index in [2.05, 4.69) is 31.2 Å². The monoisotopic (exact) mass is 410 g/mol. The molecule has 3 aromatic heterocycles. The second-order valence-electron chi connectivity index (χ2n) is 6.85. The lowest BCUT2D eigenvalue weighted by Crippen LogP contribution is -2.37. The lowest BCUT2D eigenvalue weighted by Gasteiger charge is -2.27. The zero-order chi connectivity index (χ0) is 19.5. The third-order valence-electron chi connectivity index (χ3n) is 5.04. The third kappa shape index (κ3) is 3.93. The van der Waals surface area contributed by atoms with Gasteiger partial charge in [0.2, 0.25) is 11.9 Å². The molecule has 2 fully saturated rings. The van der Waals surface area contributed by atoms with Crippen molar-refractivity contribution in [3.63, 3.8) is 0 Å². The fourth-order valence-corrected chi connectivity index (χ4v) is 4.22. The van der Waals surface area contributed by atoms with Gasteiger partial charge in [0.25, 0.3) is 0 Å². The molecule has 0 aliphatic carbocycles. The van der Waals surface area contributed by atoms with Gasteiger partial charge in [0, 0.05) is 44.1 Å². The normalized spacial score (nSPS) is 17.5. The number of morpholine rings is 2. The number of anilines is 2. The molecular formula is C20H22N6O2S. The fraction of sp³-hybridized carbons (Fsp3) is 0.400. The Morgan fingerprint density at radius 1 is 0.828 bits per heavy atom. The van der Waals surface area contributed by atoms with Crippen molar-refractivity contribution in [2.24, 2.45) is 0 Å². The molecule has 2 saturated heterocycles. The number of ether oxygens (including phenoxy) is 2. The Morgan fingerprint density at radius 2 is 1.52 bits per heavy atom. The summed E-state index contributed by atoms with van der Waals surface area (Å²) in [4.78, 5) is 24.3. The molecule has 29 heavy (non-hydrogen) atoms. The lowest BCUT2D eigenvalue weighted by molar-refractivity contribution is 0.122. The molecule has 0 aromatic carbocycles. The summed E-state index contributed by atoms with van der Waals surface area (Å²) >= 11 is 1.67. The molecule has 0 bridgehead atoms. The molecular weight excluding hydrogens is 388 g/mol. The summed E-state index contributed by atoms with van der Waals surface area (Å²) in [5.74, 6) is 1.46.